The fourth-order valence-electron chi connectivity index (χ4n) is 2.14. The van der Waals surface area contributed by atoms with Crippen LogP contribution in [0.5, 0.6) is 0 Å². The molecule has 2 nitrogen and oxygen atoms in total. The van der Waals surface area contributed by atoms with Crippen LogP contribution in [-0.4, -0.2) is 0 Å². The molecule has 0 atom stereocenters. The van der Waals surface area contributed by atoms with Gasteiger partial charge in [-0.15, -0.1) is 0 Å². The lowest BCUT2D eigenvalue weighted by Gasteiger charge is -2.00. The number of azo groups is 1. The molecule has 1 aliphatic rings. The Balaban J connectivity index is 1.89. The summed E-state index contributed by atoms with van der Waals surface area (Å²) >= 11 is 0. The Hall–Kier alpha value is -2.22. The van der Waals surface area contributed by atoms with Gasteiger partial charge in [0.05, 0.1) is 11.4 Å². The van der Waals surface area contributed by atoms with E-state index in [2.05, 4.69) is 34.5 Å². The molecule has 0 aromatic heterocycles. The SMILES string of the molecule is Cc1ccccc1N=NC1=CCc2ccccc21. The minimum absolute atomic E-state index is 0.933. The van der Waals surface area contributed by atoms with Gasteiger partial charge in [0.2, 0.25) is 0 Å². The number of rotatable bonds is 2. The number of aryl methyl sites for hydroxylation is 1. The first kappa shape index (κ1) is 10.9. The number of hydrogen-bond donors (Lipinski definition) is 0. The molecular formula is C16H14N2. The molecule has 0 aliphatic heterocycles. The molecule has 3 rings (SSSR count). The van der Waals surface area contributed by atoms with Gasteiger partial charge in [0.1, 0.15) is 0 Å². The van der Waals surface area contributed by atoms with E-state index in [1.165, 1.54) is 11.1 Å². The average Bonchev–Trinajstić information content (AvgIpc) is 2.81. The molecule has 0 bridgehead atoms. The molecule has 18 heavy (non-hydrogen) atoms. The molecule has 1 aliphatic carbocycles. The van der Waals surface area contributed by atoms with E-state index in [-0.39, 0.29) is 0 Å². The summed E-state index contributed by atoms with van der Waals surface area (Å²) in [4.78, 5) is 0. The number of nitrogens with zero attached hydrogens (tertiary/aromatic N) is 2. The molecule has 0 heterocycles. The van der Waals surface area contributed by atoms with Crippen LogP contribution in [0.4, 0.5) is 5.69 Å². The van der Waals surface area contributed by atoms with Crippen LogP contribution in [0.15, 0.2) is 64.8 Å². The second-order valence-corrected chi connectivity index (χ2v) is 4.44. The van der Waals surface area contributed by atoms with Crippen LogP contribution in [0.25, 0.3) is 5.70 Å². The van der Waals surface area contributed by atoms with Crippen LogP contribution in [0, 0.1) is 6.92 Å². The molecular weight excluding hydrogens is 220 g/mol. The molecule has 0 fully saturated rings. The normalized spacial score (nSPS) is 13.7. The molecule has 0 radical (unpaired) electrons. The van der Waals surface area contributed by atoms with E-state index in [1.807, 2.05) is 37.3 Å². The molecule has 0 amide bonds. The van der Waals surface area contributed by atoms with E-state index in [9.17, 15) is 0 Å². The lowest BCUT2D eigenvalue weighted by molar-refractivity contribution is 1.22. The monoisotopic (exact) mass is 234 g/mol. The van der Waals surface area contributed by atoms with Crippen molar-refractivity contribution in [1.82, 2.24) is 0 Å². The van der Waals surface area contributed by atoms with Gasteiger partial charge in [-0.1, -0.05) is 48.5 Å². The third-order valence-corrected chi connectivity index (χ3v) is 3.19. The minimum atomic E-state index is 0.933. The Kier molecular flexibility index (Phi) is 2.77. The van der Waals surface area contributed by atoms with Gasteiger partial charge in [0.15, 0.2) is 0 Å². The second-order valence-electron chi connectivity index (χ2n) is 4.44. The summed E-state index contributed by atoms with van der Waals surface area (Å²) in [5.74, 6) is 0. The first-order chi connectivity index (χ1) is 8.84. The molecule has 0 saturated heterocycles. The van der Waals surface area contributed by atoms with Crippen molar-refractivity contribution in [3.05, 3.63) is 71.3 Å². The summed E-state index contributed by atoms with van der Waals surface area (Å²) in [7, 11) is 0. The molecule has 0 saturated carbocycles. The van der Waals surface area contributed by atoms with E-state index >= 15 is 0 Å². The lowest BCUT2D eigenvalue weighted by Crippen LogP contribution is -1.80. The van der Waals surface area contributed by atoms with Gasteiger partial charge < -0.3 is 0 Å². The highest BCUT2D eigenvalue weighted by molar-refractivity contribution is 5.72. The van der Waals surface area contributed by atoms with Crippen molar-refractivity contribution in [2.24, 2.45) is 10.2 Å². The Morgan fingerprint density at radius 2 is 1.67 bits per heavy atom. The van der Waals surface area contributed by atoms with E-state index in [4.69, 9.17) is 0 Å². The van der Waals surface area contributed by atoms with Gasteiger partial charge >= 0.3 is 0 Å². The summed E-state index contributed by atoms with van der Waals surface area (Å²) in [6.07, 6.45) is 3.09. The molecule has 0 N–H and O–H groups in total. The Morgan fingerprint density at radius 1 is 0.889 bits per heavy atom. The van der Waals surface area contributed by atoms with E-state index < -0.39 is 0 Å². The van der Waals surface area contributed by atoms with Crippen LogP contribution in [0.1, 0.15) is 16.7 Å². The van der Waals surface area contributed by atoms with E-state index in [1.54, 1.807) is 0 Å². The zero-order valence-electron chi connectivity index (χ0n) is 10.3. The van der Waals surface area contributed by atoms with Gasteiger partial charge in [0, 0.05) is 5.56 Å². The van der Waals surface area contributed by atoms with Crippen molar-refractivity contribution in [2.45, 2.75) is 13.3 Å². The third-order valence-electron chi connectivity index (χ3n) is 3.19. The Bertz CT molecular complexity index is 639. The highest BCUT2D eigenvalue weighted by Gasteiger charge is 2.12. The molecule has 0 unspecified atom stereocenters. The second kappa shape index (κ2) is 4.57. The Morgan fingerprint density at radius 3 is 2.56 bits per heavy atom. The summed E-state index contributed by atoms with van der Waals surface area (Å²) in [5, 5.41) is 8.73. The summed E-state index contributed by atoms with van der Waals surface area (Å²) in [6.45, 7) is 2.05. The molecule has 2 aromatic rings. The smallest absolute Gasteiger partial charge is 0.0895 e. The first-order valence-electron chi connectivity index (χ1n) is 6.10. The van der Waals surface area contributed by atoms with Gasteiger partial charge in [-0.05, 0) is 30.5 Å². The predicted octanol–water partition coefficient (Wildman–Crippen LogP) is 4.68. The maximum Gasteiger partial charge on any atom is 0.0895 e. The van der Waals surface area contributed by atoms with Crippen molar-refractivity contribution in [1.29, 1.82) is 0 Å². The fraction of sp³-hybridized carbons (Fsp3) is 0.125. The van der Waals surface area contributed by atoms with Crippen LogP contribution >= 0.6 is 0 Å². The van der Waals surface area contributed by atoms with Crippen molar-refractivity contribution in [2.75, 3.05) is 0 Å². The molecule has 88 valence electrons. The zero-order valence-corrected chi connectivity index (χ0v) is 10.3. The van der Waals surface area contributed by atoms with Gasteiger partial charge in [0.25, 0.3) is 0 Å². The van der Waals surface area contributed by atoms with Crippen LogP contribution in [-0.2, 0) is 6.42 Å². The zero-order chi connectivity index (χ0) is 12.4. The fourth-order valence-corrected chi connectivity index (χ4v) is 2.14. The van der Waals surface area contributed by atoms with E-state index in [0.717, 1.165) is 23.4 Å². The molecule has 2 heteroatoms. The van der Waals surface area contributed by atoms with Crippen molar-refractivity contribution < 1.29 is 0 Å². The average molecular weight is 234 g/mol. The highest BCUT2D eigenvalue weighted by Crippen LogP contribution is 2.29. The predicted molar refractivity (Wildman–Crippen MR) is 73.8 cm³/mol. The quantitative estimate of drug-likeness (QED) is 0.674. The minimum Gasteiger partial charge on any atom is -0.150 e. The standard InChI is InChI=1S/C16H14N2/c1-12-6-2-5-9-15(12)17-18-16-11-10-13-7-3-4-8-14(13)16/h2-9,11H,10H2,1H3. The van der Waals surface area contributed by atoms with Gasteiger partial charge in [-0.3, -0.25) is 0 Å². The third kappa shape index (κ3) is 1.97. The van der Waals surface area contributed by atoms with E-state index in [0.29, 0.717) is 0 Å². The van der Waals surface area contributed by atoms with Crippen LogP contribution in [0.2, 0.25) is 0 Å². The topological polar surface area (TPSA) is 24.7 Å². The number of benzene rings is 2. The number of fused-ring (bicyclic) bond motifs is 1. The number of allylic oxidation sites excluding steroid dienone is 1. The van der Waals surface area contributed by atoms with Crippen molar-refractivity contribution in [3.63, 3.8) is 0 Å². The van der Waals surface area contributed by atoms with Gasteiger partial charge in [-0.2, -0.15) is 10.2 Å². The largest absolute Gasteiger partial charge is 0.150 e. The van der Waals surface area contributed by atoms with Crippen LogP contribution in [0.3, 0.4) is 0 Å². The van der Waals surface area contributed by atoms with Crippen molar-refractivity contribution in [3.8, 4) is 0 Å². The summed E-state index contributed by atoms with van der Waals surface area (Å²) in [6, 6.07) is 16.4. The first-order valence-corrected chi connectivity index (χ1v) is 6.10. The molecule has 2 aromatic carbocycles. The number of hydrogen-bond acceptors (Lipinski definition) is 2. The lowest BCUT2D eigenvalue weighted by atomic mass is 10.1. The van der Waals surface area contributed by atoms with Crippen molar-refractivity contribution >= 4 is 11.4 Å². The molecule has 0 spiro atoms. The summed E-state index contributed by atoms with van der Waals surface area (Å²) < 4.78 is 0. The Labute approximate surface area is 107 Å². The highest BCUT2D eigenvalue weighted by atomic mass is 15.1. The maximum absolute atomic E-state index is 4.38. The van der Waals surface area contributed by atoms with Crippen LogP contribution < -0.4 is 0 Å². The summed E-state index contributed by atoms with van der Waals surface area (Å²) in [5.41, 5.74) is 5.59. The van der Waals surface area contributed by atoms with Gasteiger partial charge in [-0.25, -0.2) is 0 Å². The maximum atomic E-state index is 4.38.